The van der Waals surface area contributed by atoms with Gasteiger partial charge in [0, 0.05) is 43.5 Å². The van der Waals surface area contributed by atoms with Crippen molar-refractivity contribution in [2.45, 2.75) is 117 Å². The molecule has 280 valence electrons. The van der Waals surface area contributed by atoms with E-state index in [2.05, 4.69) is 10.3 Å². The SMILES string of the molecule is CC[C@H](C)[C@H](NC(=O)[C@H]1CCCCN1C)C(=O)N(C)[C@H](C[C@@H](OC(C)=O)c1nc(C(=O)N2c3ccccc3C[C@H]2C[C@H](C)C(=O)O)cs1)C(C)C. The number of anilines is 1. The molecular formula is C38H55N5O7S. The van der Waals surface area contributed by atoms with Crippen molar-refractivity contribution in [1.29, 1.82) is 0 Å². The number of rotatable bonds is 15. The number of carboxylic acids is 1. The molecule has 1 saturated heterocycles. The van der Waals surface area contributed by atoms with Gasteiger partial charge in [-0.3, -0.25) is 28.9 Å². The third kappa shape index (κ3) is 9.54. The number of para-hydroxylation sites is 1. The van der Waals surface area contributed by atoms with E-state index in [0.717, 1.165) is 37.1 Å². The van der Waals surface area contributed by atoms with Gasteiger partial charge in [-0.05, 0) is 62.7 Å². The lowest BCUT2D eigenvalue weighted by Crippen LogP contribution is -2.58. The Kier molecular flexibility index (Phi) is 13.8. The monoisotopic (exact) mass is 725 g/mol. The Bertz CT molecular complexity index is 1560. The van der Waals surface area contributed by atoms with Crippen molar-refractivity contribution in [3.05, 3.63) is 45.9 Å². The molecular weight excluding hydrogens is 671 g/mol. The van der Waals surface area contributed by atoms with Crippen LogP contribution in [0, 0.1) is 17.8 Å². The number of piperidine rings is 1. The molecule has 0 aliphatic carbocycles. The molecule has 1 aromatic carbocycles. The van der Waals surface area contributed by atoms with Gasteiger partial charge in [0.1, 0.15) is 16.7 Å². The van der Waals surface area contributed by atoms with Crippen LogP contribution in [0.4, 0.5) is 5.69 Å². The molecule has 12 nitrogen and oxygen atoms in total. The Labute approximate surface area is 305 Å². The van der Waals surface area contributed by atoms with Gasteiger partial charge >= 0.3 is 11.9 Å². The number of hydrogen-bond donors (Lipinski definition) is 2. The Balaban J connectivity index is 1.57. The Morgan fingerprint density at radius 2 is 1.82 bits per heavy atom. The maximum Gasteiger partial charge on any atom is 0.306 e. The van der Waals surface area contributed by atoms with Crippen LogP contribution < -0.4 is 10.2 Å². The number of likely N-dealkylation sites (N-methyl/N-ethyl adjacent to an activating group) is 2. The molecule has 51 heavy (non-hydrogen) atoms. The van der Waals surface area contributed by atoms with Crippen LogP contribution in [0.3, 0.4) is 0 Å². The maximum atomic E-state index is 14.2. The molecule has 1 aromatic heterocycles. The van der Waals surface area contributed by atoms with Crippen molar-refractivity contribution < 1.29 is 33.8 Å². The van der Waals surface area contributed by atoms with Crippen LogP contribution >= 0.6 is 11.3 Å². The van der Waals surface area contributed by atoms with Gasteiger partial charge in [-0.2, -0.15) is 0 Å². The third-order valence-electron chi connectivity index (χ3n) is 10.6. The molecule has 2 aliphatic rings. The summed E-state index contributed by atoms with van der Waals surface area (Å²) in [5.41, 5.74) is 1.87. The second kappa shape index (κ2) is 17.6. The van der Waals surface area contributed by atoms with Crippen molar-refractivity contribution in [2.24, 2.45) is 17.8 Å². The van der Waals surface area contributed by atoms with Gasteiger partial charge in [0.05, 0.1) is 12.0 Å². The number of aliphatic carboxylic acids is 1. The number of carbonyl (C=O) groups is 5. The highest BCUT2D eigenvalue weighted by atomic mass is 32.1. The summed E-state index contributed by atoms with van der Waals surface area (Å²) in [4.78, 5) is 75.9. The predicted molar refractivity (Wildman–Crippen MR) is 196 cm³/mol. The first-order valence-corrected chi connectivity index (χ1v) is 19.1. The average Bonchev–Trinajstić information content (AvgIpc) is 3.73. The summed E-state index contributed by atoms with van der Waals surface area (Å²) < 4.78 is 5.81. The molecule has 3 amide bonds. The summed E-state index contributed by atoms with van der Waals surface area (Å²) in [6, 6.07) is 5.81. The number of benzene rings is 1. The number of hydrogen-bond acceptors (Lipinski definition) is 9. The normalized spacial score (nSPS) is 20.5. The Hall–Kier alpha value is -3.84. The minimum Gasteiger partial charge on any atom is -0.481 e. The van der Waals surface area contributed by atoms with Crippen LogP contribution in [-0.4, -0.2) is 94.4 Å². The first-order valence-electron chi connectivity index (χ1n) is 18.2. The van der Waals surface area contributed by atoms with E-state index >= 15 is 0 Å². The molecule has 2 aliphatic heterocycles. The molecule has 0 bridgehead atoms. The molecule has 0 unspecified atom stereocenters. The number of carboxylic acid groups (broad SMARTS) is 1. The highest BCUT2D eigenvalue weighted by Gasteiger charge is 2.39. The predicted octanol–water partition coefficient (Wildman–Crippen LogP) is 5.32. The topological polar surface area (TPSA) is 149 Å². The van der Waals surface area contributed by atoms with Gasteiger partial charge in [0.2, 0.25) is 11.8 Å². The summed E-state index contributed by atoms with van der Waals surface area (Å²) in [5, 5.41) is 14.7. The van der Waals surface area contributed by atoms with Crippen molar-refractivity contribution >= 4 is 46.7 Å². The van der Waals surface area contributed by atoms with Crippen LogP contribution in [0.2, 0.25) is 0 Å². The minimum atomic E-state index is -0.920. The number of ether oxygens (including phenoxy) is 1. The van der Waals surface area contributed by atoms with Gasteiger partial charge in [-0.15, -0.1) is 11.3 Å². The number of fused-ring (bicyclic) bond motifs is 1. The van der Waals surface area contributed by atoms with Crippen molar-refractivity contribution in [1.82, 2.24) is 20.1 Å². The molecule has 3 heterocycles. The number of carbonyl (C=O) groups excluding carboxylic acids is 4. The van der Waals surface area contributed by atoms with Gasteiger partial charge in [-0.25, -0.2) is 4.98 Å². The van der Waals surface area contributed by atoms with Gasteiger partial charge < -0.3 is 25.0 Å². The minimum absolute atomic E-state index is 0.0473. The van der Waals surface area contributed by atoms with E-state index in [0.29, 0.717) is 17.8 Å². The van der Waals surface area contributed by atoms with E-state index in [1.807, 2.05) is 63.9 Å². The number of likely N-dealkylation sites (tertiary alicyclic amines) is 1. The molecule has 13 heteroatoms. The number of thiazole rings is 1. The first kappa shape index (κ1) is 39.9. The molecule has 4 rings (SSSR count). The molecule has 1 fully saturated rings. The van der Waals surface area contributed by atoms with E-state index in [9.17, 15) is 29.1 Å². The number of nitrogens with zero attached hydrogens (tertiary/aromatic N) is 4. The molecule has 0 spiro atoms. The maximum absolute atomic E-state index is 14.2. The van der Waals surface area contributed by atoms with E-state index in [-0.39, 0.29) is 60.2 Å². The zero-order valence-corrected chi connectivity index (χ0v) is 32.1. The first-order chi connectivity index (χ1) is 24.1. The number of amides is 3. The van der Waals surface area contributed by atoms with E-state index < -0.39 is 36.0 Å². The number of aromatic nitrogens is 1. The van der Waals surface area contributed by atoms with Crippen LogP contribution in [-0.2, 0) is 30.3 Å². The average molecular weight is 726 g/mol. The van der Waals surface area contributed by atoms with E-state index in [1.165, 1.54) is 18.3 Å². The molecule has 2 aromatic rings. The lowest BCUT2D eigenvalue weighted by molar-refractivity contribution is -0.149. The van der Waals surface area contributed by atoms with Crippen LogP contribution in [0.25, 0.3) is 0 Å². The summed E-state index contributed by atoms with van der Waals surface area (Å²) >= 11 is 1.21. The zero-order chi connectivity index (χ0) is 37.6. The fourth-order valence-electron chi connectivity index (χ4n) is 7.31. The second-order valence-electron chi connectivity index (χ2n) is 14.7. The lowest BCUT2D eigenvalue weighted by Gasteiger charge is -2.38. The smallest absolute Gasteiger partial charge is 0.306 e. The van der Waals surface area contributed by atoms with Crippen LogP contribution in [0.5, 0.6) is 0 Å². The summed E-state index contributed by atoms with van der Waals surface area (Å²) in [7, 11) is 3.67. The highest BCUT2D eigenvalue weighted by molar-refractivity contribution is 7.09. The van der Waals surface area contributed by atoms with E-state index in [1.54, 1.807) is 29.2 Å². The number of nitrogens with one attached hydrogen (secondary N) is 1. The van der Waals surface area contributed by atoms with Crippen molar-refractivity contribution in [3.8, 4) is 0 Å². The second-order valence-corrected chi connectivity index (χ2v) is 15.6. The zero-order valence-electron chi connectivity index (χ0n) is 31.3. The summed E-state index contributed by atoms with van der Waals surface area (Å²) in [5.74, 6) is -2.93. The molecule has 0 saturated carbocycles. The number of esters is 1. The Morgan fingerprint density at radius 3 is 2.45 bits per heavy atom. The van der Waals surface area contributed by atoms with Crippen molar-refractivity contribution in [2.75, 3.05) is 25.5 Å². The van der Waals surface area contributed by atoms with Gasteiger partial charge in [-0.1, -0.05) is 65.7 Å². The highest BCUT2D eigenvalue weighted by Crippen LogP contribution is 2.37. The van der Waals surface area contributed by atoms with Crippen LogP contribution in [0.15, 0.2) is 29.6 Å². The summed E-state index contributed by atoms with van der Waals surface area (Å²) in [6.07, 6.45) is 3.69. The fraction of sp³-hybridized carbons (Fsp3) is 0.632. The standard InChI is InChI=1S/C38H55N5O7S/c1-9-23(4)33(40-34(45)30-16-12-13-17-41(30)7)37(47)42(8)31(22(2)3)20-32(50-25(6)44)35-39-28(21-51-35)36(46)43-27(18-24(5)38(48)49)19-26-14-10-11-15-29(26)43/h10-11,14-15,21-24,27,30-33H,9,12-13,16-20H2,1-8H3,(H,40,45)(H,48,49)/t23-,24-,27+,30+,31+,32+,33-/m0/s1. The van der Waals surface area contributed by atoms with Crippen LogP contribution in [0.1, 0.15) is 107 Å². The summed E-state index contributed by atoms with van der Waals surface area (Å²) in [6.45, 7) is 11.7. The fourth-order valence-corrected chi connectivity index (χ4v) is 8.14. The van der Waals surface area contributed by atoms with E-state index in [4.69, 9.17) is 4.74 Å². The lowest BCUT2D eigenvalue weighted by atomic mass is 9.92. The largest absolute Gasteiger partial charge is 0.481 e. The molecule has 0 radical (unpaired) electrons. The Morgan fingerprint density at radius 1 is 1.12 bits per heavy atom. The van der Waals surface area contributed by atoms with Gasteiger partial charge in [0.15, 0.2) is 6.10 Å². The third-order valence-corrected chi connectivity index (χ3v) is 11.5. The quantitative estimate of drug-likeness (QED) is 0.233. The molecule has 7 atom stereocenters. The molecule has 2 N–H and O–H groups in total. The van der Waals surface area contributed by atoms with Gasteiger partial charge in [0.25, 0.3) is 5.91 Å². The van der Waals surface area contributed by atoms with Crippen molar-refractivity contribution in [3.63, 3.8) is 0 Å².